The minimum Gasteiger partial charge on any atom is -1.00 e. The van der Waals surface area contributed by atoms with Gasteiger partial charge in [0.25, 0.3) is 0 Å². The van der Waals surface area contributed by atoms with Gasteiger partial charge >= 0.3 is 35.5 Å². The van der Waals surface area contributed by atoms with Gasteiger partial charge in [-0.2, -0.15) is 0 Å². The number of aliphatic carboxylic acids is 1. The molecule has 0 fully saturated rings. The Labute approximate surface area is 154 Å². The second-order valence-corrected chi connectivity index (χ2v) is 5.79. The molecule has 0 rings (SSSR count). The van der Waals surface area contributed by atoms with E-state index in [2.05, 4.69) is 6.92 Å². The zero-order valence-electron chi connectivity index (χ0n) is 15.4. The third-order valence-electron chi connectivity index (χ3n) is 3.71. The maximum absolute atomic E-state index is 10.7. The molecule has 3 N–H and O–H groups in total. The van der Waals surface area contributed by atoms with Gasteiger partial charge in [0.05, 0.1) is 12.7 Å². The summed E-state index contributed by atoms with van der Waals surface area (Å²) in [5, 5.41) is 8.80. The number of carboxylic acids is 1. The van der Waals surface area contributed by atoms with Crippen LogP contribution in [-0.4, -0.2) is 35.2 Å². The third-order valence-corrected chi connectivity index (χ3v) is 3.71. The molecule has 0 radical (unpaired) electrons. The van der Waals surface area contributed by atoms with E-state index >= 15 is 0 Å². The molecule has 0 heterocycles. The van der Waals surface area contributed by atoms with Crippen molar-refractivity contribution in [3.05, 3.63) is 0 Å². The SMILES string of the molecule is CCCCCCCCCCCCN(CC(=O)O)C(C)N.[H-].[Na+]. The first-order valence-corrected chi connectivity index (χ1v) is 8.29. The number of nitrogens with zero attached hydrogens (tertiary/aromatic N) is 1. The number of hydrogen-bond donors (Lipinski definition) is 2. The molecule has 0 bridgehead atoms. The van der Waals surface area contributed by atoms with Crippen LogP contribution < -0.4 is 35.3 Å². The van der Waals surface area contributed by atoms with Crippen LogP contribution in [0.15, 0.2) is 0 Å². The first-order valence-electron chi connectivity index (χ1n) is 8.29. The second-order valence-electron chi connectivity index (χ2n) is 5.79. The van der Waals surface area contributed by atoms with Gasteiger partial charge in [-0.05, 0) is 13.3 Å². The zero-order chi connectivity index (χ0) is 15.2. The van der Waals surface area contributed by atoms with E-state index < -0.39 is 5.97 Å². The van der Waals surface area contributed by atoms with Gasteiger partial charge in [-0.3, -0.25) is 9.69 Å². The Morgan fingerprint density at radius 3 is 1.86 bits per heavy atom. The minimum absolute atomic E-state index is 0. The van der Waals surface area contributed by atoms with Gasteiger partial charge in [0.15, 0.2) is 0 Å². The predicted octanol–water partition coefficient (Wildman–Crippen LogP) is 0.715. The Morgan fingerprint density at radius 2 is 1.48 bits per heavy atom. The fraction of sp³-hybridized carbons (Fsp3) is 0.938. The summed E-state index contributed by atoms with van der Waals surface area (Å²) in [6.07, 6.45) is 12.8. The summed E-state index contributed by atoms with van der Waals surface area (Å²) in [5.74, 6) is -0.797. The minimum atomic E-state index is -0.797. The quantitative estimate of drug-likeness (QED) is 0.282. The Balaban J connectivity index is -0.00000180. The van der Waals surface area contributed by atoms with Gasteiger partial charge in [0, 0.05) is 6.54 Å². The van der Waals surface area contributed by atoms with Crippen molar-refractivity contribution in [1.82, 2.24) is 4.90 Å². The summed E-state index contributed by atoms with van der Waals surface area (Å²) in [4.78, 5) is 12.5. The van der Waals surface area contributed by atoms with E-state index in [4.69, 9.17) is 10.8 Å². The molecule has 1 atom stereocenters. The van der Waals surface area contributed by atoms with Gasteiger partial charge in [0.2, 0.25) is 0 Å². The molecule has 0 aliphatic carbocycles. The van der Waals surface area contributed by atoms with Crippen LogP contribution >= 0.6 is 0 Å². The van der Waals surface area contributed by atoms with E-state index in [1.807, 2.05) is 11.8 Å². The van der Waals surface area contributed by atoms with Gasteiger partial charge < -0.3 is 12.3 Å². The van der Waals surface area contributed by atoms with E-state index in [0.717, 1.165) is 13.0 Å². The molecule has 1 unspecified atom stereocenters. The Bertz CT molecular complexity index is 244. The molecular weight excluding hydrogens is 275 g/mol. The maximum atomic E-state index is 10.7. The molecule has 4 nitrogen and oxygen atoms in total. The van der Waals surface area contributed by atoms with E-state index in [0.29, 0.717) is 0 Å². The van der Waals surface area contributed by atoms with Gasteiger partial charge in [-0.15, -0.1) is 0 Å². The smallest absolute Gasteiger partial charge is 1.00 e. The molecule has 0 saturated heterocycles. The fourth-order valence-corrected chi connectivity index (χ4v) is 2.40. The standard InChI is InChI=1S/C16H34N2O2.Na.H/c1-3-4-5-6-7-8-9-10-11-12-13-18(15(2)17)14-16(19)20;;/h15H,3-14,17H2,1-2H3,(H,19,20);;/q;+1;-1. The molecule has 5 heteroatoms. The molecule has 0 aromatic heterocycles. The van der Waals surface area contributed by atoms with Crippen LogP contribution in [0, 0.1) is 0 Å². The normalized spacial score (nSPS) is 12.2. The van der Waals surface area contributed by atoms with E-state index in [1.165, 1.54) is 57.8 Å². The fourth-order valence-electron chi connectivity index (χ4n) is 2.40. The molecule has 0 aliphatic rings. The number of carboxylic acid groups (broad SMARTS) is 1. The van der Waals surface area contributed by atoms with Crippen LogP contribution in [0.2, 0.25) is 0 Å². The monoisotopic (exact) mass is 310 g/mol. The summed E-state index contributed by atoms with van der Waals surface area (Å²) in [7, 11) is 0. The molecule has 122 valence electrons. The molecule has 0 amide bonds. The van der Waals surface area contributed by atoms with Gasteiger partial charge in [-0.25, -0.2) is 0 Å². The van der Waals surface area contributed by atoms with E-state index in [-0.39, 0.29) is 43.7 Å². The summed E-state index contributed by atoms with van der Waals surface area (Å²) in [6, 6.07) is 0. The van der Waals surface area contributed by atoms with Crippen molar-refractivity contribution in [2.75, 3.05) is 13.1 Å². The number of hydrogen-bond acceptors (Lipinski definition) is 3. The van der Waals surface area contributed by atoms with Crippen LogP contribution in [0.1, 0.15) is 79.5 Å². The van der Waals surface area contributed by atoms with Crippen molar-refractivity contribution in [2.45, 2.75) is 84.2 Å². The van der Waals surface area contributed by atoms with Gasteiger partial charge in [0.1, 0.15) is 0 Å². The average Bonchev–Trinajstić information content (AvgIpc) is 2.39. The number of carbonyl (C=O) groups is 1. The molecule has 0 aromatic rings. The topological polar surface area (TPSA) is 66.6 Å². The summed E-state index contributed by atoms with van der Waals surface area (Å²) < 4.78 is 0. The molecule has 0 aliphatic heterocycles. The molecule has 0 saturated carbocycles. The first kappa shape index (κ1) is 23.7. The third kappa shape index (κ3) is 16.6. The van der Waals surface area contributed by atoms with Crippen LogP contribution in [0.3, 0.4) is 0 Å². The summed E-state index contributed by atoms with van der Waals surface area (Å²) >= 11 is 0. The largest absolute Gasteiger partial charge is 1.00 e. The predicted molar refractivity (Wildman–Crippen MR) is 85.8 cm³/mol. The van der Waals surface area contributed by atoms with Gasteiger partial charge in [-0.1, -0.05) is 64.7 Å². The van der Waals surface area contributed by atoms with E-state index in [1.54, 1.807) is 0 Å². The Morgan fingerprint density at radius 1 is 1.05 bits per heavy atom. The van der Waals surface area contributed by atoms with Crippen molar-refractivity contribution < 1.29 is 40.9 Å². The summed E-state index contributed by atoms with van der Waals surface area (Å²) in [5.41, 5.74) is 5.77. The molecule has 0 spiro atoms. The van der Waals surface area contributed by atoms with Crippen molar-refractivity contribution in [2.24, 2.45) is 5.73 Å². The molecular formula is C16H35N2NaO2. The van der Waals surface area contributed by atoms with Crippen molar-refractivity contribution in [3.63, 3.8) is 0 Å². The van der Waals surface area contributed by atoms with Crippen molar-refractivity contribution >= 4 is 5.97 Å². The average molecular weight is 310 g/mol. The Hall–Kier alpha value is 0.390. The van der Waals surface area contributed by atoms with Crippen LogP contribution in [-0.2, 0) is 4.79 Å². The second kappa shape index (κ2) is 16.8. The Kier molecular flexibility index (Phi) is 18.9. The maximum Gasteiger partial charge on any atom is 1.00 e. The number of nitrogens with two attached hydrogens (primary N) is 1. The summed E-state index contributed by atoms with van der Waals surface area (Å²) in [6.45, 7) is 4.94. The first-order chi connectivity index (χ1) is 9.57. The number of unbranched alkanes of at least 4 members (excludes halogenated alkanes) is 9. The van der Waals surface area contributed by atoms with E-state index in [9.17, 15) is 4.79 Å². The van der Waals surface area contributed by atoms with Crippen LogP contribution in [0.25, 0.3) is 0 Å². The van der Waals surface area contributed by atoms with Crippen LogP contribution in [0.4, 0.5) is 0 Å². The molecule has 0 aromatic carbocycles. The molecule has 21 heavy (non-hydrogen) atoms. The van der Waals surface area contributed by atoms with Crippen molar-refractivity contribution in [3.8, 4) is 0 Å². The zero-order valence-corrected chi connectivity index (χ0v) is 16.4. The van der Waals surface area contributed by atoms with Crippen LogP contribution in [0.5, 0.6) is 0 Å². The van der Waals surface area contributed by atoms with Crippen molar-refractivity contribution in [1.29, 1.82) is 0 Å². The number of rotatable bonds is 14.